The fraction of sp³-hybridized carbons (Fsp3) is 0.250. The van der Waals surface area contributed by atoms with E-state index in [-0.39, 0.29) is 0 Å². The predicted octanol–water partition coefficient (Wildman–Crippen LogP) is 5.17. The van der Waals surface area contributed by atoms with Gasteiger partial charge in [-0.25, -0.2) is 0 Å². The van der Waals surface area contributed by atoms with Gasteiger partial charge in [-0.3, -0.25) is 0 Å². The highest BCUT2D eigenvalue weighted by Gasteiger charge is 2.05. The van der Waals surface area contributed by atoms with Crippen LogP contribution in [0.2, 0.25) is 0 Å². The molecule has 0 aliphatic rings. The van der Waals surface area contributed by atoms with E-state index in [1.165, 1.54) is 22.3 Å². The molecular formula is C16H18N4. The maximum absolute atomic E-state index is 8.58. The minimum absolute atomic E-state index is 0.623. The van der Waals surface area contributed by atoms with E-state index in [1.54, 1.807) is 6.07 Å². The Kier molecular flexibility index (Phi) is 4.28. The van der Waals surface area contributed by atoms with Crippen molar-refractivity contribution in [2.45, 2.75) is 27.3 Å². The van der Waals surface area contributed by atoms with Gasteiger partial charge < -0.3 is 5.32 Å². The second kappa shape index (κ2) is 6.13. The first-order valence-electron chi connectivity index (χ1n) is 6.56. The molecule has 0 aromatic heterocycles. The van der Waals surface area contributed by atoms with Crippen molar-refractivity contribution in [3.8, 4) is 0 Å². The highest BCUT2D eigenvalue weighted by Crippen LogP contribution is 2.26. The zero-order chi connectivity index (χ0) is 14.5. The topological polar surface area (TPSA) is 60.8 Å². The minimum Gasteiger partial charge on any atom is -0.381 e. The summed E-state index contributed by atoms with van der Waals surface area (Å²) in [5, 5.41) is 7.05. The number of aryl methyl sites for hydroxylation is 3. The summed E-state index contributed by atoms with van der Waals surface area (Å²) in [6.45, 7) is 7.07. The van der Waals surface area contributed by atoms with Gasteiger partial charge >= 0.3 is 0 Å². The second-order valence-corrected chi connectivity index (χ2v) is 4.94. The molecule has 102 valence electrons. The van der Waals surface area contributed by atoms with Crippen molar-refractivity contribution in [1.29, 1.82) is 0 Å². The van der Waals surface area contributed by atoms with E-state index in [9.17, 15) is 0 Å². The van der Waals surface area contributed by atoms with Gasteiger partial charge in [0.1, 0.15) is 0 Å². The van der Waals surface area contributed by atoms with Gasteiger partial charge in [-0.05, 0) is 49.1 Å². The SMILES string of the molecule is Cc1cc(C)c(CNc2ccccc2N=[N+]=[N-])c(C)c1. The third-order valence-corrected chi connectivity index (χ3v) is 3.35. The molecule has 4 heteroatoms. The number of nitrogens with zero attached hydrogens (tertiary/aromatic N) is 3. The first-order chi connectivity index (χ1) is 9.61. The highest BCUT2D eigenvalue weighted by molar-refractivity contribution is 5.65. The molecule has 2 aromatic rings. The standard InChI is InChI=1S/C16H18N4/c1-11-8-12(2)14(13(3)9-11)10-18-15-6-4-5-7-16(15)19-20-17/h4-9,18H,10H2,1-3H3. The van der Waals surface area contributed by atoms with Crippen molar-refractivity contribution in [1.82, 2.24) is 0 Å². The summed E-state index contributed by atoms with van der Waals surface area (Å²) >= 11 is 0. The van der Waals surface area contributed by atoms with Crippen LogP contribution in [0.25, 0.3) is 10.4 Å². The number of anilines is 1. The van der Waals surface area contributed by atoms with Crippen LogP contribution < -0.4 is 5.32 Å². The summed E-state index contributed by atoms with van der Waals surface area (Å²) in [7, 11) is 0. The number of hydrogen-bond donors (Lipinski definition) is 1. The highest BCUT2D eigenvalue weighted by atomic mass is 15.1. The van der Waals surface area contributed by atoms with Crippen molar-refractivity contribution in [3.63, 3.8) is 0 Å². The molecule has 0 aliphatic carbocycles. The summed E-state index contributed by atoms with van der Waals surface area (Å²) < 4.78 is 0. The van der Waals surface area contributed by atoms with Crippen LogP contribution in [0.15, 0.2) is 41.5 Å². The van der Waals surface area contributed by atoms with E-state index in [0.717, 1.165) is 12.2 Å². The van der Waals surface area contributed by atoms with Gasteiger partial charge in [-0.1, -0.05) is 41.0 Å². The third kappa shape index (κ3) is 3.11. The van der Waals surface area contributed by atoms with Crippen LogP contribution in [0.3, 0.4) is 0 Å². The molecule has 4 nitrogen and oxygen atoms in total. The van der Waals surface area contributed by atoms with Crippen molar-refractivity contribution in [2.75, 3.05) is 5.32 Å². The lowest BCUT2D eigenvalue weighted by Gasteiger charge is -2.14. The molecule has 2 rings (SSSR count). The Hall–Kier alpha value is -2.45. The summed E-state index contributed by atoms with van der Waals surface area (Å²) in [4.78, 5) is 2.85. The van der Waals surface area contributed by atoms with E-state index in [1.807, 2.05) is 18.2 Å². The average molecular weight is 266 g/mol. The molecule has 0 radical (unpaired) electrons. The zero-order valence-corrected chi connectivity index (χ0v) is 12.0. The fourth-order valence-corrected chi connectivity index (χ4v) is 2.43. The Morgan fingerprint density at radius 1 is 1.10 bits per heavy atom. The smallest absolute Gasteiger partial charge is 0.0607 e. The van der Waals surface area contributed by atoms with Gasteiger partial charge in [0.25, 0.3) is 0 Å². The zero-order valence-electron chi connectivity index (χ0n) is 12.0. The van der Waals surface area contributed by atoms with Crippen LogP contribution >= 0.6 is 0 Å². The summed E-state index contributed by atoms with van der Waals surface area (Å²) in [6.07, 6.45) is 0. The number of para-hydroxylation sites is 1. The molecule has 1 N–H and O–H groups in total. The quantitative estimate of drug-likeness (QED) is 0.463. The van der Waals surface area contributed by atoms with Gasteiger partial charge in [0.05, 0.1) is 5.69 Å². The van der Waals surface area contributed by atoms with Gasteiger partial charge in [0, 0.05) is 17.1 Å². The number of hydrogen-bond acceptors (Lipinski definition) is 2. The van der Waals surface area contributed by atoms with Crippen LogP contribution in [-0.2, 0) is 6.54 Å². The lowest BCUT2D eigenvalue weighted by atomic mass is 10.00. The first kappa shape index (κ1) is 14.0. The van der Waals surface area contributed by atoms with Crippen molar-refractivity contribution >= 4 is 11.4 Å². The number of rotatable bonds is 4. The molecule has 0 saturated heterocycles. The Morgan fingerprint density at radius 3 is 2.40 bits per heavy atom. The molecule has 0 fully saturated rings. The number of azide groups is 1. The second-order valence-electron chi connectivity index (χ2n) is 4.94. The first-order valence-corrected chi connectivity index (χ1v) is 6.56. The van der Waals surface area contributed by atoms with Crippen molar-refractivity contribution < 1.29 is 0 Å². The van der Waals surface area contributed by atoms with Crippen molar-refractivity contribution in [3.05, 3.63) is 69.1 Å². The van der Waals surface area contributed by atoms with Crippen LogP contribution in [0.5, 0.6) is 0 Å². The molecule has 0 heterocycles. The lowest BCUT2D eigenvalue weighted by molar-refractivity contribution is 1.08. The largest absolute Gasteiger partial charge is 0.381 e. The molecule has 0 saturated carbocycles. The molecule has 20 heavy (non-hydrogen) atoms. The maximum atomic E-state index is 8.58. The summed E-state index contributed by atoms with van der Waals surface area (Å²) in [6, 6.07) is 11.9. The van der Waals surface area contributed by atoms with Gasteiger partial charge in [0.15, 0.2) is 0 Å². The normalized spacial score (nSPS) is 9.95. The van der Waals surface area contributed by atoms with E-state index in [0.29, 0.717) is 5.69 Å². The lowest BCUT2D eigenvalue weighted by Crippen LogP contribution is -2.04. The van der Waals surface area contributed by atoms with Crippen LogP contribution in [-0.4, -0.2) is 0 Å². The number of nitrogens with one attached hydrogen (secondary N) is 1. The molecule has 0 spiro atoms. The van der Waals surface area contributed by atoms with E-state index >= 15 is 0 Å². The predicted molar refractivity (Wildman–Crippen MR) is 83.2 cm³/mol. The molecule has 2 aromatic carbocycles. The van der Waals surface area contributed by atoms with E-state index in [4.69, 9.17) is 5.53 Å². The van der Waals surface area contributed by atoms with Crippen LogP contribution in [0.4, 0.5) is 11.4 Å². The van der Waals surface area contributed by atoms with Crippen LogP contribution in [0.1, 0.15) is 22.3 Å². The minimum atomic E-state index is 0.623. The Balaban J connectivity index is 2.24. The fourth-order valence-electron chi connectivity index (χ4n) is 2.43. The van der Waals surface area contributed by atoms with Gasteiger partial charge in [0.2, 0.25) is 0 Å². The van der Waals surface area contributed by atoms with E-state index in [2.05, 4.69) is 48.2 Å². The third-order valence-electron chi connectivity index (χ3n) is 3.35. The van der Waals surface area contributed by atoms with Crippen LogP contribution in [0, 0.1) is 20.8 Å². The molecular weight excluding hydrogens is 248 g/mol. The maximum Gasteiger partial charge on any atom is 0.0607 e. The Bertz CT molecular complexity index is 647. The summed E-state index contributed by atoms with van der Waals surface area (Å²) in [5.74, 6) is 0. The Labute approximate surface area is 119 Å². The van der Waals surface area contributed by atoms with Gasteiger partial charge in [-0.2, -0.15) is 0 Å². The average Bonchev–Trinajstić information content (AvgIpc) is 2.39. The van der Waals surface area contributed by atoms with Gasteiger partial charge in [-0.15, -0.1) is 0 Å². The molecule has 0 bridgehead atoms. The Morgan fingerprint density at radius 2 is 1.75 bits per heavy atom. The molecule has 0 unspecified atom stereocenters. The molecule has 0 atom stereocenters. The van der Waals surface area contributed by atoms with E-state index < -0.39 is 0 Å². The summed E-state index contributed by atoms with van der Waals surface area (Å²) in [5.41, 5.74) is 15.2. The van der Waals surface area contributed by atoms with Crippen molar-refractivity contribution in [2.24, 2.45) is 5.11 Å². The number of benzene rings is 2. The monoisotopic (exact) mass is 266 g/mol. The molecule has 0 amide bonds. The molecule has 0 aliphatic heterocycles.